The average molecular weight is 1120 g/mol. The van der Waals surface area contributed by atoms with Crippen molar-refractivity contribution in [3.05, 3.63) is 92.1 Å². The second-order valence-electron chi connectivity index (χ2n) is 16.1. The number of halogens is 10. The summed E-state index contributed by atoms with van der Waals surface area (Å²) in [6.45, 7) is 2.98. The average Bonchev–Trinajstić information content (AvgIpc) is 3.90. The number of nitrogens with zero attached hydrogens (tertiary/aromatic N) is 6. The number of piperidine rings is 2. The predicted molar refractivity (Wildman–Crippen MR) is 244 cm³/mol. The number of nitrogens with two attached hydrogens (primary N) is 1. The molecule has 2 atom stereocenters. The second kappa shape index (κ2) is 22.8. The summed E-state index contributed by atoms with van der Waals surface area (Å²) >= 11 is 20.9. The first-order chi connectivity index (χ1) is 31.7. The molecule has 15 nitrogen and oxygen atoms in total. The fraction of sp³-hybridized carbons (Fsp3) is 0.463. The van der Waals surface area contributed by atoms with Gasteiger partial charge in [0.05, 0.1) is 27.1 Å². The Bertz CT molecular complexity index is 2680. The number of aromatic nitrogens is 3. The number of nitrogen functional groups attached to an aromatic ring is 1. The van der Waals surface area contributed by atoms with E-state index >= 15 is 0 Å². The van der Waals surface area contributed by atoms with Crippen LogP contribution in [0, 0.1) is 23.2 Å². The first-order valence-electron chi connectivity index (χ1n) is 20.7. The smallest absolute Gasteiger partial charge is 0.398 e. The van der Waals surface area contributed by atoms with Gasteiger partial charge < -0.3 is 24.7 Å². The highest BCUT2D eigenvalue weighted by Crippen LogP contribution is 2.36. The molecule has 2 saturated heterocycles. The van der Waals surface area contributed by atoms with Gasteiger partial charge in [0.15, 0.2) is 0 Å². The van der Waals surface area contributed by atoms with Gasteiger partial charge in [0.1, 0.15) is 28.7 Å². The SMILES string of the molecule is CC1CCN(C(=O)C(CCn2cccc2C#N)NS(=O)(=O)c2cc(C(F)(F)F)ccc2Br)CC1.Nc1cc(Cl)cc(Cl)c1S(=O)(=O)NC(CCn1ccnc1Cl)C(=O)N1CCC(C(F)(F)F)CC1. The molecule has 2 fully saturated rings. The summed E-state index contributed by atoms with van der Waals surface area (Å²) in [6, 6.07) is 7.44. The summed E-state index contributed by atoms with van der Waals surface area (Å²) in [5, 5.41) is 9.22. The van der Waals surface area contributed by atoms with Crippen LogP contribution in [0.15, 0.2) is 75.3 Å². The molecule has 2 unspecified atom stereocenters. The fourth-order valence-electron chi connectivity index (χ4n) is 7.53. The number of imidazole rings is 1. The monoisotopic (exact) mass is 1120 g/mol. The maximum atomic E-state index is 13.3. The molecule has 4 heterocycles. The van der Waals surface area contributed by atoms with Crippen molar-refractivity contribution in [1.82, 2.24) is 33.4 Å². The molecule has 2 aromatic carbocycles. The maximum absolute atomic E-state index is 13.3. The number of carbonyl (C=O) groups is 2. The molecule has 0 saturated carbocycles. The van der Waals surface area contributed by atoms with Gasteiger partial charge in [-0.1, -0.05) is 30.1 Å². The lowest BCUT2D eigenvalue weighted by Crippen LogP contribution is -2.52. The Morgan fingerprint density at radius 1 is 0.853 bits per heavy atom. The summed E-state index contributed by atoms with van der Waals surface area (Å²) < 4.78 is 139. The first kappa shape index (κ1) is 54.8. The van der Waals surface area contributed by atoms with E-state index in [9.17, 15) is 58.0 Å². The number of aryl methyl sites for hydroxylation is 2. The van der Waals surface area contributed by atoms with Crippen LogP contribution in [0.5, 0.6) is 0 Å². The summed E-state index contributed by atoms with van der Waals surface area (Å²) in [4.78, 5) is 32.1. The summed E-state index contributed by atoms with van der Waals surface area (Å²) in [7, 11) is -8.90. The van der Waals surface area contributed by atoms with Crippen molar-refractivity contribution in [3.63, 3.8) is 0 Å². The van der Waals surface area contributed by atoms with Gasteiger partial charge in [0, 0.05) is 67.4 Å². The Balaban J connectivity index is 0.000000254. The quantitative estimate of drug-likeness (QED) is 0.0823. The lowest BCUT2D eigenvalue weighted by Gasteiger charge is -2.35. The molecule has 4 aromatic rings. The Morgan fingerprint density at radius 3 is 1.93 bits per heavy atom. The number of benzene rings is 2. The number of rotatable bonds is 14. The summed E-state index contributed by atoms with van der Waals surface area (Å²) in [5.74, 6) is -2.17. The summed E-state index contributed by atoms with van der Waals surface area (Å²) in [6.07, 6.45) is -3.48. The van der Waals surface area contributed by atoms with Crippen LogP contribution in [0.4, 0.5) is 32.0 Å². The highest BCUT2D eigenvalue weighted by molar-refractivity contribution is 9.10. The third-order valence-corrected chi connectivity index (χ3v) is 16.3. The van der Waals surface area contributed by atoms with Crippen molar-refractivity contribution >= 4 is 88.3 Å². The fourth-order valence-corrected chi connectivity index (χ4v) is 12.2. The molecule has 27 heteroatoms. The minimum Gasteiger partial charge on any atom is -0.398 e. The van der Waals surface area contributed by atoms with E-state index in [4.69, 9.17) is 40.5 Å². The number of carbonyl (C=O) groups excluding carboxylic acids is 2. The van der Waals surface area contributed by atoms with Gasteiger partial charge in [-0.25, -0.2) is 21.8 Å². The zero-order valence-electron chi connectivity index (χ0n) is 35.9. The van der Waals surface area contributed by atoms with E-state index in [0.29, 0.717) is 30.8 Å². The van der Waals surface area contributed by atoms with Crippen LogP contribution in [0.1, 0.15) is 56.7 Å². The largest absolute Gasteiger partial charge is 0.416 e. The number of amides is 2. The van der Waals surface area contributed by atoms with Crippen LogP contribution in [0.2, 0.25) is 15.3 Å². The van der Waals surface area contributed by atoms with Crippen LogP contribution in [-0.2, 0) is 48.9 Å². The van der Waals surface area contributed by atoms with Crippen molar-refractivity contribution < 1.29 is 52.8 Å². The van der Waals surface area contributed by atoms with Crippen LogP contribution in [0.3, 0.4) is 0 Å². The van der Waals surface area contributed by atoms with Gasteiger partial charge in [-0.3, -0.25) is 9.59 Å². The van der Waals surface area contributed by atoms with Crippen molar-refractivity contribution in [2.24, 2.45) is 11.8 Å². The van der Waals surface area contributed by atoms with Gasteiger partial charge in [0.2, 0.25) is 37.1 Å². The number of sulfonamides is 2. The number of nitrogens with one attached hydrogen (secondary N) is 2. The molecule has 0 radical (unpaired) electrons. The number of likely N-dealkylation sites (tertiary alicyclic amines) is 2. The molecular formula is C41H45BrCl3F6N9O6S2. The third kappa shape index (κ3) is 14.3. The lowest BCUT2D eigenvalue weighted by molar-refractivity contribution is -0.186. The van der Waals surface area contributed by atoms with Crippen molar-refractivity contribution in [1.29, 1.82) is 5.26 Å². The standard InChI is InChI=1S/C22H24BrF3N4O3S.C19H21Cl3F3N5O3S/c1-15-6-10-30(11-7-15)21(31)19(8-12-29-9-2-3-17(29)14-27)28-34(32,33)20-13-16(22(24,25)26)4-5-18(20)23;20-12-9-13(21)16(14(26)10-12)34(32,33)28-15(3-7-30-8-4-27-18(30)22)17(31)29-5-1-11(2-6-29)19(23,24)25/h2-5,9,13,15,19,28H,6-8,10-12H2,1H3;4,8-11,15,28H,1-3,5-7,26H2. The Morgan fingerprint density at radius 2 is 1.41 bits per heavy atom. The molecular weight excluding hydrogens is 1080 g/mol. The van der Waals surface area contributed by atoms with E-state index in [1.54, 1.807) is 34.0 Å². The second-order valence-corrected chi connectivity index (χ2v) is 21.5. The third-order valence-electron chi connectivity index (χ3n) is 11.3. The topological polar surface area (TPSA) is 206 Å². The number of hydrogen-bond donors (Lipinski definition) is 3. The van der Waals surface area contributed by atoms with Gasteiger partial charge in [-0.15, -0.1) is 0 Å². The molecule has 0 aliphatic carbocycles. The highest BCUT2D eigenvalue weighted by atomic mass is 79.9. The zero-order valence-corrected chi connectivity index (χ0v) is 41.4. The Labute approximate surface area is 412 Å². The minimum atomic E-state index is -4.73. The van der Waals surface area contributed by atoms with Crippen LogP contribution in [0.25, 0.3) is 0 Å². The molecule has 2 amide bonds. The van der Waals surface area contributed by atoms with E-state index in [-0.39, 0.29) is 77.4 Å². The molecule has 68 heavy (non-hydrogen) atoms. The van der Waals surface area contributed by atoms with Gasteiger partial charge in [0.25, 0.3) is 0 Å². The lowest BCUT2D eigenvalue weighted by atomic mass is 9.95. The highest BCUT2D eigenvalue weighted by Gasteiger charge is 2.43. The van der Waals surface area contributed by atoms with Gasteiger partial charge >= 0.3 is 12.4 Å². The molecule has 4 N–H and O–H groups in total. The molecule has 6 rings (SSSR count). The first-order valence-corrected chi connectivity index (χ1v) is 25.6. The van der Waals surface area contributed by atoms with E-state index in [1.807, 2.05) is 6.07 Å². The molecule has 0 bridgehead atoms. The minimum absolute atomic E-state index is 0.0179. The Hall–Kier alpha value is -4.09. The van der Waals surface area contributed by atoms with Crippen LogP contribution >= 0.6 is 50.7 Å². The molecule has 2 aliphatic rings. The van der Waals surface area contributed by atoms with Crippen molar-refractivity contribution in [2.45, 2.75) is 92.8 Å². The van der Waals surface area contributed by atoms with Crippen LogP contribution in [-0.4, -0.2) is 97.0 Å². The zero-order chi connectivity index (χ0) is 50.4. The molecule has 0 spiro atoms. The molecule has 2 aliphatic heterocycles. The van der Waals surface area contributed by atoms with Crippen LogP contribution < -0.4 is 15.2 Å². The van der Waals surface area contributed by atoms with Crippen molar-refractivity contribution in [2.75, 3.05) is 31.9 Å². The maximum Gasteiger partial charge on any atom is 0.416 e. The number of nitriles is 1. The predicted octanol–water partition coefficient (Wildman–Crippen LogP) is 8.10. The summed E-state index contributed by atoms with van der Waals surface area (Å²) in [5.41, 5.74) is 4.82. The van der Waals surface area contributed by atoms with E-state index in [0.717, 1.165) is 25.0 Å². The normalized spacial score (nSPS) is 16.4. The number of anilines is 1. The molecule has 2 aromatic heterocycles. The molecule has 372 valence electrons. The van der Waals surface area contributed by atoms with E-state index < -0.39 is 77.6 Å². The van der Waals surface area contributed by atoms with Crippen molar-refractivity contribution in [3.8, 4) is 6.07 Å². The van der Waals surface area contributed by atoms with E-state index in [1.165, 1.54) is 27.8 Å². The van der Waals surface area contributed by atoms with Gasteiger partial charge in [-0.2, -0.15) is 41.0 Å². The van der Waals surface area contributed by atoms with E-state index in [2.05, 4.69) is 37.3 Å². The van der Waals surface area contributed by atoms with Gasteiger partial charge in [-0.05, 0) is 114 Å². The number of hydrogen-bond acceptors (Lipinski definition) is 9. The number of alkyl halides is 6. The Kier molecular flexibility index (Phi) is 18.4.